The number of para-hydroxylation sites is 1. The van der Waals surface area contributed by atoms with Crippen molar-refractivity contribution in [1.82, 2.24) is 19.7 Å². The van der Waals surface area contributed by atoms with Gasteiger partial charge in [-0.2, -0.15) is 5.10 Å². The minimum Gasteiger partial charge on any atom is -0.370 e. The average Bonchev–Trinajstić information content (AvgIpc) is 2.91. The molecule has 0 aliphatic heterocycles. The maximum absolute atomic E-state index is 4.51. The van der Waals surface area contributed by atoms with Crippen LogP contribution < -0.4 is 5.32 Å². The Kier molecular flexibility index (Phi) is 3.56. The van der Waals surface area contributed by atoms with Gasteiger partial charge in [0.05, 0.1) is 11.7 Å². The quantitative estimate of drug-likeness (QED) is 0.796. The Morgan fingerprint density at radius 2 is 2.00 bits per heavy atom. The zero-order chi connectivity index (χ0) is 14.8. The molecule has 21 heavy (non-hydrogen) atoms. The second-order valence-electron chi connectivity index (χ2n) is 5.26. The van der Waals surface area contributed by atoms with Crippen molar-refractivity contribution in [3.63, 3.8) is 0 Å². The van der Waals surface area contributed by atoms with E-state index < -0.39 is 0 Å². The second-order valence-corrected chi connectivity index (χ2v) is 5.26. The summed E-state index contributed by atoms with van der Waals surface area (Å²) in [6.07, 6.45) is 3.46. The number of aromatic nitrogens is 4. The first-order valence-electron chi connectivity index (χ1n) is 7.24. The molecular weight excluding hydrogens is 262 g/mol. The Hall–Kier alpha value is -2.43. The molecule has 1 N–H and O–H groups in total. The van der Waals surface area contributed by atoms with E-state index in [9.17, 15) is 0 Å². The highest BCUT2D eigenvalue weighted by atomic mass is 15.3. The van der Waals surface area contributed by atoms with Gasteiger partial charge in [0, 0.05) is 17.5 Å². The summed E-state index contributed by atoms with van der Waals surface area (Å²) in [6, 6.07) is 8.14. The lowest BCUT2D eigenvalue weighted by molar-refractivity contribution is 0.786. The molecule has 3 rings (SSSR count). The van der Waals surface area contributed by atoms with Crippen LogP contribution in [0, 0.1) is 0 Å². The maximum Gasteiger partial charge on any atom is 0.162 e. The molecule has 2 aromatic heterocycles. The molecule has 0 amide bonds. The molecule has 2 heterocycles. The predicted molar refractivity (Wildman–Crippen MR) is 84.9 cm³/mol. The molecule has 0 aliphatic rings. The lowest BCUT2D eigenvalue weighted by Crippen LogP contribution is -2.11. The van der Waals surface area contributed by atoms with Crippen molar-refractivity contribution in [2.24, 2.45) is 0 Å². The molecule has 0 saturated carbocycles. The fourth-order valence-electron chi connectivity index (χ4n) is 2.54. The van der Waals surface area contributed by atoms with E-state index in [1.54, 1.807) is 6.33 Å². The minimum atomic E-state index is 0.304. The number of nitrogens with one attached hydrogen (secondary N) is 1. The van der Waals surface area contributed by atoms with Gasteiger partial charge in [0.1, 0.15) is 12.1 Å². The van der Waals surface area contributed by atoms with Crippen molar-refractivity contribution >= 4 is 16.7 Å². The van der Waals surface area contributed by atoms with Crippen LogP contribution in [0.4, 0.5) is 5.82 Å². The van der Waals surface area contributed by atoms with Crippen molar-refractivity contribution in [2.45, 2.75) is 26.7 Å². The molecule has 5 heteroatoms. The van der Waals surface area contributed by atoms with Crippen LogP contribution in [0.2, 0.25) is 0 Å². The van der Waals surface area contributed by atoms with Gasteiger partial charge >= 0.3 is 0 Å². The standard InChI is InChI=1S/C16H19N5/c1-4-17-15-14(11(2)3)16(19-10-18-15)21-13-8-6-5-7-12(13)9-20-21/h5-11H,4H2,1-3H3,(H,17,18,19). The van der Waals surface area contributed by atoms with Crippen LogP contribution in [0.3, 0.4) is 0 Å². The van der Waals surface area contributed by atoms with Crippen molar-refractivity contribution in [3.8, 4) is 5.82 Å². The van der Waals surface area contributed by atoms with Crippen LogP contribution in [-0.4, -0.2) is 26.3 Å². The summed E-state index contributed by atoms with van der Waals surface area (Å²) in [5.74, 6) is 2.03. The molecule has 0 bridgehead atoms. The Morgan fingerprint density at radius 1 is 1.19 bits per heavy atom. The monoisotopic (exact) mass is 281 g/mol. The van der Waals surface area contributed by atoms with Crippen molar-refractivity contribution in [3.05, 3.63) is 42.4 Å². The number of benzene rings is 1. The molecule has 3 aromatic rings. The van der Waals surface area contributed by atoms with E-state index in [4.69, 9.17) is 0 Å². The van der Waals surface area contributed by atoms with Crippen LogP contribution in [0.15, 0.2) is 36.8 Å². The summed E-state index contributed by atoms with van der Waals surface area (Å²) in [5, 5.41) is 8.93. The smallest absolute Gasteiger partial charge is 0.162 e. The first-order chi connectivity index (χ1) is 10.2. The number of hydrogen-bond donors (Lipinski definition) is 1. The molecule has 0 fully saturated rings. The predicted octanol–water partition coefficient (Wildman–Crippen LogP) is 3.37. The second kappa shape index (κ2) is 5.52. The van der Waals surface area contributed by atoms with Crippen molar-refractivity contribution in [1.29, 1.82) is 0 Å². The molecule has 0 aliphatic carbocycles. The zero-order valence-corrected chi connectivity index (χ0v) is 12.5. The summed E-state index contributed by atoms with van der Waals surface area (Å²) in [6.45, 7) is 7.19. The van der Waals surface area contributed by atoms with Gasteiger partial charge < -0.3 is 5.32 Å². The number of hydrogen-bond acceptors (Lipinski definition) is 4. The first-order valence-corrected chi connectivity index (χ1v) is 7.24. The van der Waals surface area contributed by atoms with Gasteiger partial charge in [0.15, 0.2) is 5.82 Å². The van der Waals surface area contributed by atoms with E-state index in [0.717, 1.165) is 34.6 Å². The molecule has 1 aromatic carbocycles. The Labute approximate surface area is 124 Å². The van der Waals surface area contributed by atoms with Crippen LogP contribution >= 0.6 is 0 Å². The van der Waals surface area contributed by atoms with Gasteiger partial charge in [-0.05, 0) is 18.9 Å². The summed E-state index contributed by atoms with van der Waals surface area (Å²) >= 11 is 0. The average molecular weight is 281 g/mol. The summed E-state index contributed by atoms with van der Waals surface area (Å²) in [7, 11) is 0. The van der Waals surface area contributed by atoms with E-state index in [0.29, 0.717) is 5.92 Å². The highest BCUT2D eigenvalue weighted by molar-refractivity contribution is 5.80. The zero-order valence-electron chi connectivity index (χ0n) is 12.5. The topological polar surface area (TPSA) is 55.6 Å². The third-order valence-corrected chi connectivity index (χ3v) is 3.46. The SMILES string of the molecule is CCNc1ncnc(-n2ncc3ccccc32)c1C(C)C. The lowest BCUT2D eigenvalue weighted by atomic mass is 10.0. The normalized spacial score (nSPS) is 11.2. The highest BCUT2D eigenvalue weighted by Crippen LogP contribution is 2.28. The largest absolute Gasteiger partial charge is 0.370 e. The number of nitrogens with zero attached hydrogens (tertiary/aromatic N) is 4. The van der Waals surface area contributed by atoms with Gasteiger partial charge in [0.2, 0.25) is 0 Å². The van der Waals surface area contributed by atoms with Gasteiger partial charge in [-0.3, -0.25) is 0 Å². The number of fused-ring (bicyclic) bond motifs is 1. The molecule has 0 radical (unpaired) electrons. The summed E-state index contributed by atoms with van der Waals surface area (Å²) < 4.78 is 1.90. The molecule has 108 valence electrons. The van der Waals surface area contributed by atoms with Gasteiger partial charge in [-0.25, -0.2) is 14.6 Å². The van der Waals surface area contributed by atoms with Crippen LogP contribution in [0.25, 0.3) is 16.7 Å². The molecule has 0 saturated heterocycles. The van der Waals surface area contributed by atoms with Gasteiger partial charge in [-0.15, -0.1) is 0 Å². The van der Waals surface area contributed by atoms with Gasteiger partial charge in [0.25, 0.3) is 0 Å². The molecule has 0 atom stereocenters. The van der Waals surface area contributed by atoms with E-state index in [1.165, 1.54) is 0 Å². The molecule has 0 unspecified atom stereocenters. The number of rotatable bonds is 4. The Bertz CT molecular complexity index is 760. The highest BCUT2D eigenvalue weighted by Gasteiger charge is 2.17. The van der Waals surface area contributed by atoms with E-state index in [1.807, 2.05) is 23.0 Å². The fourth-order valence-corrected chi connectivity index (χ4v) is 2.54. The summed E-state index contributed by atoms with van der Waals surface area (Å²) in [4.78, 5) is 8.86. The molecule has 5 nitrogen and oxygen atoms in total. The van der Waals surface area contributed by atoms with Crippen molar-refractivity contribution in [2.75, 3.05) is 11.9 Å². The Morgan fingerprint density at radius 3 is 2.76 bits per heavy atom. The van der Waals surface area contributed by atoms with E-state index in [2.05, 4.69) is 53.3 Å². The van der Waals surface area contributed by atoms with E-state index >= 15 is 0 Å². The molecular formula is C16H19N5. The van der Waals surface area contributed by atoms with Crippen LogP contribution in [-0.2, 0) is 0 Å². The molecule has 0 spiro atoms. The van der Waals surface area contributed by atoms with Crippen LogP contribution in [0.1, 0.15) is 32.3 Å². The third-order valence-electron chi connectivity index (χ3n) is 3.46. The van der Waals surface area contributed by atoms with Gasteiger partial charge in [-0.1, -0.05) is 32.0 Å². The Balaban J connectivity index is 2.24. The van der Waals surface area contributed by atoms with Crippen molar-refractivity contribution < 1.29 is 0 Å². The summed E-state index contributed by atoms with van der Waals surface area (Å²) in [5.41, 5.74) is 2.15. The third kappa shape index (κ3) is 2.35. The fraction of sp³-hybridized carbons (Fsp3) is 0.312. The maximum atomic E-state index is 4.51. The lowest BCUT2D eigenvalue weighted by Gasteiger charge is -2.16. The minimum absolute atomic E-state index is 0.304. The number of anilines is 1. The van der Waals surface area contributed by atoms with E-state index in [-0.39, 0.29) is 0 Å². The van der Waals surface area contributed by atoms with Crippen LogP contribution in [0.5, 0.6) is 0 Å². The first kappa shape index (κ1) is 13.5.